The first-order valence-electron chi connectivity index (χ1n) is 8.91. The van der Waals surface area contributed by atoms with Gasteiger partial charge in [0, 0.05) is 17.2 Å². The van der Waals surface area contributed by atoms with Crippen molar-refractivity contribution in [3.8, 4) is 11.5 Å². The van der Waals surface area contributed by atoms with Gasteiger partial charge in [-0.05, 0) is 49.4 Å². The number of nitrogens with one attached hydrogen (secondary N) is 1. The van der Waals surface area contributed by atoms with Crippen LogP contribution in [0, 0.1) is 5.92 Å². The number of carbonyl (C=O) groups is 3. The fourth-order valence-corrected chi connectivity index (χ4v) is 2.54. The molecule has 0 saturated heterocycles. The largest absolute Gasteiger partial charge is 0.454 e. The molecule has 1 amide bonds. The molecule has 0 spiro atoms. The van der Waals surface area contributed by atoms with Gasteiger partial charge in [-0.3, -0.25) is 9.59 Å². The Bertz CT molecular complexity index is 904. The lowest BCUT2D eigenvalue weighted by Gasteiger charge is -2.13. The van der Waals surface area contributed by atoms with Crippen LogP contribution in [0.5, 0.6) is 11.5 Å². The second-order valence-electron chi connectivity index (χ2n) is 6.70. The Balaban J connectivity index is 1.62. The number of anilines is 1. The first-order valence-corrected chi connectivity index (χ1v) is 8.91. The summed E-state index contributed by atoms with van der Waals surface area (Å²) in [5, 5.41) is 2.75. The topological polar surface area (TPSA) is 90.9 Å². The van der Waals surface area contributed by atoms with Crippen LogP contribution in [0.2, 0.25) is 0 Å². The maximum Gasteiger partial charge on any atom is 0.338 e. The third-order valence-electron chi connectivity index (χ3n) is 4.22. The summed E-state index contributed by atoms with van der Waals surface area (Å²) < 4.78 is 15.7. The minimum absolute atomic E-state index is 0.106. The summed E-state index contributed by atoms with van der Waals surface area (Å²) in [5.41, 5.74) is 1.25. The molecule has 0 unspecified atom stereocenters. The molecule has 0 bridgehead atoms. The maximum absolute atomic E-state index is 12.5. The van der Waals surface area contributed by atoms with E-state index in [-0.39, 0.29) is 30.0 Å². The number of Topliss-reactive ketones (excluding diaryl/α,β-unsaturated/α-hetero) is 1. The Morgan fingerprint density at radius 1 is 0.929 bits per heavy atom. The second kappa shape index (κ2) is 8.12. The highest BCUT2D eigenvalue weighted by molar-refractivity contribution is 6.02. The zero-order valence-electron chi connectivity index (χ0n) is 15.9. The van der Waals surface area contributed by atoms with Crippen LogP contribution in [-0.2, 0) is 9.53 Å². The normalized spacial score (nSPS) is 13.1. The van der Waals surface area contributed by atoms with E-state index in [2.05, 4.69) is 5.32 Å². The highest BCUT2D eigenvalue weighted by Gasteiger charge is 2.22. The molecule has 1 heterocycles. The maximum atomic E-state index is 12.5. The van der Waals surface area contributed by atoms with Crippen LogP contribution in [0.25, 0.3) is 0 Å². The Morgan fingerprint density at radius 3 is 2.25 bits per heavy atom. The lowest BCUT2D eigenvalue weighted by Crippen LogP contribution is -2.24. The second-order valence-corrected chi connectivity index (χ2v) is 6.70. The molecule has 0 aliphatic carbocycles. The van der Waals surface area contributed by atoms with Gasteiger partial charge in [0.1, 0.15) is 0 Å². The van der Waals surface area contributed by atoms with Crippen molar-refractivity contribution in [2.45, 2.75) is 26.9 Å². The van der Waals surface area contributed by atoms with Crippen LogP contribution >= 0.6 is 0 Å². The number of rotatable bonds is 6. The van der Waals surface area contributed by atoms with Crippen molar-refractivity contribution < 1.29 is 28.6 Å². The van der Waals surface area contributed by atoms with E-state index in [0.717, 1.165) is 0 Å². The summed E-state index contributed by atoms with van der Waals surface area (Å²) in [6, 6.07) is 11.1. The van der Waals surface area contributed by atoms with Gasteiger partial charge in [-0.2, -0.15) is 0 Å². The van der Waals surface area contributed by atoms with Crippen LogP contribution in [0.15, 0.2) is 42.5 Å². The Hall–Kier alpha value is -3.35. The van der Waals surface area contributed by atoms with Gasteiger partial charge in [0.25, 0.3) is 0 Å². The number of esters is 1. The quantitative estimate of drug-likeness (QED) is 0.607. The van der Waals surface area contributed by atoms with Crippen LogP contribution < -0.4 is 14.8 Å². The number of carbonyl (C=O) groups excluding carboxylic acids is 3. The molecule has 3 rings (SSSR count). The van der Waals surface area contributed by atoms with Crippen molar-refractivity contribution >= 4 is 23.3 Å². The van der Waals surface area contributed by atoms with E-state index in [1.54, 1.807) is 50.2 Å². The van der Waals surface area contributed by atoms with Gasteiger partial charge in [-0.15, -0.1) is 0 Å². The van der Waals surface area contributed by atoms with Crippen molar-refractivity contribution in [2.75, 3.05) is 12.1 Å². The molecule has 0 fully saturated rings. The number of amides is 1. The standard InChI is InChI=1S/C21H21NO6/c1-12(2)20(24)22-16-7-4-14(5-8-16)19(23)13(3)28-21(25)15-6-9-17-18(10-15)27-11-26-17/h4-10,12-13H,11H2,1-3H3,(H,22,24)/t13-/m1/s1. The van der Waals surface area contributed by atoms with Gasteiger partial charge in [-0.1, -0.05) is 13.8 Å². The van der Waals surface area contributed by atoms with E-state index < -0.39 is 12.1 Å². The summed E-state index contributed by atoms with van der Waals surface area (Å²) in [7, 11) is 0. The van der Waals surface area contributed by atoms with Crippen molar-refractivity contribution in [1.29, 1.82) is 0 Å². The predicted octanol–water partition coefficient (Wildman–Crippen LogP) is 3.44. The van der Waals surface area contributed by atoms with Gasteiger partial charge in [0.05, 0.1) is 5.56 Å². The first-order chi connectivity index (χ1) is 13.3. The van der Waals surface area contributed by atoms with Crippen LogP contribution in [-0.4, -0.2) is 30.6 Å². The third-order valence-corrected chi connectivity index (χ3v) is 4.22. The number of hydrogen-bond donors (Lipinski definition) is 1. The van der Waals surface area contributed by atoms with Crippen molar-refractivity contribution in [3.63, 3.8) is 0 Å². The van der Waals surface area contributed by atoms with Gasteiger partial charge in [-0.25, -0.2) is 4.79 Å². The zero-order valence-corrected chi connectivity index (χ0v) is 15.9. The first kappa shape index (κ1) is 19.4. The molecule has 2 aromatic rings. The number of fused-ring (bicyclic) bond motifs is 1. The third kappa shape index (κ3) is 4.31. The molecule has 0 aromatic heterocycles. The summed E-state index contributed by atoms with van der Waals surface area (Å²) in [6.07, 6.45) is -0.964. The molecule has 28 heavy (non-hydrogen) atoms. The number of hydrogen-bond acceptors (Lipinski definition) is 6. The predicted molar refractivity (Wildman–Crippen MR) is 102 cm³/mol. The molecular weight excluding hydrogens is 362 g/mol. The molecule has 1 atom stereocenters. The van der Waals surface area contributed by atoms with Gasteiger partial charge >= 0.3 is 5.97 Å². The fraction of sp³-hybridized carbons (Fsp3) is 0.286. The molecule has 7 nitrogen and oxygen atoms in total. The van der Waals surface area contributed by atoms with E-state index in [4.69, 9.17) is 14.2 Å². The van der Waals surface area contributed by atoms with E-state index in [1.807, 2.05) is 0 Å². The van der Waals surface area contributed by atoms with Crippen molar-refractivity contribution in [3.05, 3.63) is 53.6 Å². The average Bonchev–Trinajstić information content (AvgIpc) is 3.15. The minimum Gasteiger partial charge on any atom is -0.454 e. The molecule has 7 heteroatoms. The van der Waals surface area contributed by atoms with E-state index in [9.17, 15) is 14.4 Å². The SMILES string of the molecule is CC(C)C(=O)Nc1ccc(C(=O)[C@@H](C)OC(=O)c2ccc3c(c2)OCO3)cc1. The van der Waals surface area contributed by atoms with Crippen LogP contribution in [0.1, 0.15) is 41.5 Å². The number of benzene rings is 2. The lowest BCUT2D eigenvalue weighted by atomic mass is 10.1. The Labute approximate surface area is 162 Å². The van der Waals surface area contributed by atoms with Crippen molar-refractivity contribution in [1.82, 2.24) is 0 Å². The molecule has 0 saturated carbocycles. The molecular formula is C21H21NO6. The minimum atomic E-state index is -0.964. The Kier molecular flexibility index (Phi) is 5.63. The molecule has 0 radical (unpaired) electrons. The van der Waals surface area contributed by atoms with E-state index >= 15 is 0 Å². The zero-order chi connectivity index (χ0) is 20.3. The summed E-state index contributed by atoms with van der Waals surface area (Å²) in [6.45, 7) is 5.21. The molecule has 2 aromatic carbocycles. The smallest absolute Gasteiger partial charge is 0.338 e. The highest BCUT2D eigenvalue weighted by Crippen LogP contribution is 2.32. The van der Waals surface area contributed by atoms with Gasteiger partial charge in [0.15, 0.2) is 17.6 Å². The molecule has 1 aliphatic heterocycles. The summed E-state index contributed by atoms with van der Waals surface area (Å²) >= 11 is 0. The van der Waals surface area contributed by atoms with Crippen LogP contribution in [0.4, 0.5) is 5.69 Å². The molecule has 146 valence electrons. The summed E-state index contributed by atoms with van der Waals surface area (Å²) in [4.78, 5) is 36.6. The fourth-order valence-electron chi connectivity index (χ4n) is 2.54. The highest BCUT2D eigenvalue weighted by atomic mass is 16.7. The molecule has 1 aliphatic rings. The number of ether oxygens (including phenoxy) is 3. The average molecular weight is 383 g/mol. The Morgan fingerprint density at radius 2 is 1.57 bits per heavy atom. The van der Waals surface area contributed by atoms with Crippen LogP contribution in [0.3, 0.4) is 0 Å². The number of ketones is 1. The molecule has 1 N–H and O–H groups in total. The monoisotopic (exact) mass is 383 g/mol. The van der Waals surface area contributed by atoms with Crippen molar-refractivity contribution in [2.24, 2.45) is 5.92 Å². The van der Waals surface area contributed by atoms with Gasteiger partial charge in [0.2, 0.25) is 18.5 Å². The van der Waals surface area contributed by atoms with Gasteiger partial charge < -0.3 is 19.5 Å². The van der Waals surface area contributed by atoms with E-state index in [0.29, 0.717) is 22.7 Å². The lowest BCUT2D eigenvalue weighted by molar-refractivity contribution is -0.118. The summed E-state index contributed by atoms with van der Waals surface area (Å²) in [5.74, 6) is -0.185. The van der Waals surface area contributed by atoms with E-state index in [1.165, 1.54) is 13.0 Å².